The first-order valence-corrected chi connectivity index (χ1v) is 9.32. The minimum atomic E-state index is 0.692. The second kappa shape index (κ2) is 7.92. The number of ether oxygens (including phenoxy) is 1. The molecule has 0 spiro atoms. The molecule has 0 amide bonds. The Morgan fingerprint density at radius 2 is 0.778 bits per heavy atom. The van der Waals surface area contributed by atoms with Crippen LogP contribution in [0.5, 0.6) is 5.75 Å². The monoisotopic (exact) mass is 350 g/mol. The van der Waals surface area contributed by atoms with Gasteiger partial charge in [-0.3, -0.25) is 0 Å². The van der Waals surface area contributed by atoms with E-state index < -0.39 is 0 Å². The summed E-state index contributed by atoms with van der Waals surface area (Å²) in [4.78, 5) is 0. The van der Waals surface area contributed by atoms with Crippen LogP contribution >= 0.6 is 0 Å². The van der Waals surface area contributed by atoms with Gasteiger partial charge in [-0.2, -0.15) is 0 Å². The quantitative estimate of drug-likeness (QED) is 0.373. The summed E-state index contributed by atoms with van der Waals surface area (Å²) in [6.07, 6.45) is 0. The molecule has 0 fully saturated rings. The first-order chi connectivity index (χ1) is 13.3. The number of hydrogen-bond donors (Lipinski definition) is 0. The van der Waals surface area contributed by atoms with Gasteiger partial charge in [-0.05, 0) is 52.4 Å². The first-order valence-electron chi connectivity index (χ1n) is 9.32. The molecule has 1 nitrogen and oxygen atoms in total. The minimum Gasteiger partial charge on any atom is -0.494 e. The van der Waals surface area contributed by atoms with Gasteiger partial charge in [0.15, 0.2) is 0 Å². The maximum absolute atomic E-state index is 5.52. The summed E-state index contributed by atoms with van der Waals surface area (Å²) >= 11 is 0. The van der Waals surface area contributed by atoms with Crippen LogP contribution in [0.3, 0.4) is 0 Å². The maximum Gasteiger partial charge on any atom is 0.119 e. The highest BCUT2D eigenvalue weighted by Crippen LogP contribution is 2.28. The third kappa shape index (κ3) is 3.93. The minimum absolute atomic E-state index is 0.692. The van der Waals surface area contributed by atoms with E-state index in [1.165, 1.54) is 33.4 Å². The molecule has 4 rings (SSSR count). The summed E-state index contributed by atoms with van der Waals surface area (Å²) in [6, 6.07) is 36.2. The van der Waals surface area contributed by atoms with Gasteiger partial charge < -0.3 is 4.74 Å². The number of hydrogen-bond acceptors (Lipinski definition) is 1. The third-order valence-electron chi connectivity index (χ3n) is 4.71. The third-order valence-corrected chi connectivity index (χ3v) is 4.71. The van der Waals surface area contributed by atoms with Crippen molar-refractivity contribution >= 4 is 0 Å². The van der Waals surface area contributed by atoms with Gasteiger partial charge in [0.2, 0.25) is 0 Å². The Bertz CT molecular complexity index is 983. The van der Waals surface area contributed by atoms with Crippen molar-refractivity contribution in [2.24, 2.45) is 0 Å². The normalized spacial score (nSPS) is 10.6. The summed E-state index contributed by atoms with van der Waals surface area (Å²) in [7, 11) is 0. The average molecular weight is 350 g/mol. The van der Waals surface area contributed by atoms with Crippen LogP contribution in [0, 0.1) is 0 Å². The van der Waals surface area contributed by atoms with Gasteiger partial charge in [0.1, 0.15) is 5.75 Å². The highest BCUT2D eigenvalue weighted by atomic mass is 16.5. The fourth-order valence-electron chi connectivity index (χ4n) is 3.25. The molecule has 132 valence electrons. The summed E-state index contributed by atoms with van der Waals surface area (Å²) in [5.41, 5.74) is 7.35. The molecule has 0 atom stereocenters. The SMILES string of the molecule is CCOc1ccc(-c2ccc(-c3ccc(-c4ccccc4)cc3)cc2)cc1. The number of rotatable bonds is 5. The lowest BCUT2D eigenvalue weighted by Crippen LogP contribution is -1.90. The second-order valence-corrected chi connectivity index (χ2v) is 6.48. The Morgan fingerprint density at radius 3 is 1.15 bits per heavy atom. The van der Waals surface area contributed by atoms with Crippen molar-refractivity contribution in [1.29, 1.82) is 0 Å². The zero-order valence-corrected chi connectivity index (χ0v) is 15.4. The van der Waals surface area contributed by atoms with Gasteiger partial charge in [0.25, 0.3) is 0 Å². The van der Waals surface area contributed by atoms with Gasteiger partial charge in [-0.25, -0.2) is 0 Å². The van der Waals surface area contributed by atoms with E-state index in [9.17, 15) is 0 Å². The molecule has 0 aromatic heterocycles. The molecule has 0 aliphatic rings. The molecular weight excluding hydrogens is 328 g/mol. The second-order valence-electron chi connectivity index (χ2n) is 6.48. The molecule has 0 heterocycles. The standard InChI is InChI=1S/C26H22O/c1-2-27-26-18-16-25(17-19-26)24-14-12-23(13-15-24)22-10-8-21(9-11-22)20-6-4-3-5-7-20/h3-19H,2H2,1H3. The Kier molecular flexibility index (Phi) is 5.02. The van der Waals surface area contributed by atoms with Crippen molar-refractivity contribution < 1.29 is 4.74 Å². The topological polar surface area (TPSA) is 9.23 Å². The van der Waals surface area contributed by atoms with E-state index in [0.29, 0.717) is 6.61 Å². The fourth-order valence-corrected chi connectivity index (χ4v) is 3.25. The van der Waals surface area contributed by atoms with E-state index in [2.05, 4.69) is 84.9 Å². The predicted octanol–water partition coefficient (Wildman–Crippen LogP) is 7.09. The van der Waals surface area contributed by atoms with Gasteiger partial charge in [0, 0.05) is 0 Å². The van der Waals surface area contributed by atoms with E-state index in [4.69, 9.17) is 4.74 Å². The van der Waals surface area contributed by atoms with Crippen LogP contribution in [0.15, 0.2) is 103 Å². The van der Waals surface area contributed by atoms with E-state index in [1.54, 1.807) is 0 Å². The summed E-state index contributed by atoms with van der Waals surface area (Å²) < 4.78 is 5.52. The first kappa shape index (κ1) is 17.1. The zero-order valence-electron chi connectivity index (χ0n) is 15.4. The zero-order chi connectivity index (χ0) is 18.5. The van der Waals surface area contributed by atoms with Crippen molar-refractivity contribution in [3.63, 3.8) is 0 Å². The van der Waals surface area contributed by atoms with Crippen molar-refractivity contribution in [1.82, 2.24) is 0 Å². The lowest BCUT2D eigenvalue weighted by atomic mass is 9.98. The Labute approximate surface area is 160 Å². The molecule has 0 saturated carbocycles. The molecule has 0 bridgehead atoms. The van der Waals surface area contributed by atoms with E-state index in [1.807, 2.05) is 25.1 Å². The molecule has 0 unspecified atom stereocenters. The summed E-state index contributed by atoms with van der Waals surface area (Å²) in [5, 5.41) is 0. The summed E-state index contributed by atoms with van der Waals surface area (Å²) in [6.45, 7) is 2.69. The Hall–Kier alpha value is -3.32. The van der Waals surface area contributed by atoms with Gasteiger partial charge >= 0.3 is 0 Å². The Morgan fingerprint density at radius 1 is 0.444 bits per heavy atom. The van der Waals surface area contributed by atoms with Crippen LogP contribution in [-0.2, 0) is 0 Å². The van der Waals surface area contributed by atoms with E-state index in [-0.39, 0.29) is 0 Å². The molecule has 0 aliphatic heterocycles. The van der Waals surface area contributed by atoms with Crippen LogP contribution in [0.25, 0.3) is 33.4 Å². The van der Waals surface area contributed by atoms with Crippen molar-refractivity contribution in [2.75, 3.05) is 6.61 Å². The molecule has 0 radical (unpaired) electrons. The van der Waals surface area contributed by atoms with E-state index >= 15 is 0 Å². The molecular formula is C26H22O. The molecule has 27 heavy (non-hydrogen) atoms. The average Bonchev–Trinajstić information content (AvgIpc) is 2.75. The van der Waals surface area contributed by atoms with Crippen LogP contribution < -0.4 is 4.74 Å². The van der Waals surface area contributed by atoms with Crippen molar-refractivity contribution in [3.05, 3.63) is 103 Å². The highest BCUT2D eigenvalue weighted by molar-refractivity contribution is 5.73. The van der Waals surface area contributed by atoms with Gasteiger partial charge in [-0.1, -0.05) is 91.0 Å². The van der Waals surface area contributed by atoms with Crippen LogP contribution in [0.2, 0.25) is 0 Å². The number of benzene rings is 4. The van der Waals surface area contributed by atoms with Crippen LogP contribution in [-0.4, -0.2) is 6.61 Å². The lowest BCUT2D eigenvalue weighted by molar-refractivity contribution is 0.340. The molecule has 4 aromatic rings. The molecule has 0 aliphatic carbocycles. The molecule has 0 N–H and O–H groups in total. The van der Waals surface area contributed by atoms with E-state index in [0.717, 1.165) is 5.75 Å². The van der Waals surface area contributed by atoms with Crippen molar-refractivity contribution in [2.45, 2.75) is 6.92 Å². The molecule has 0 saturated heterocycles. The molecule has 1 heteroatoms. The van der Waals surface area contributed by atoms with Crippen LogP contribution in [0.1, 0.15) is 6.92 Å². The maximum atomic E-state index is 5.52. The highest BCUT2D eigenvalue weighted by Gasteiger charge is 2.02. The van der Waals surface area contributed by atoms with Crippen LogP contribution in [0.4, 0.5) is 0 Å². The summed E-state index contributed by atoms with van der Waals surface area (Å²) in [5.74, 6) is 0.913. The molecule has 4 aromatic carbocycles. The smallest absolute Gasteiger partial charge is 0.119 e. The van der Waals surface area contributed by atoms with Gasteiger partial charge in [0.05, 0.1) is 6.61 Å². The Balaban J connectivity index is 1.53. The van der Waals surface area contributed by atoms with Gasteiger partial charge in [-0.15, -0.1) is 0 Å². The van der Waals surface area contributed by atoms with Crippen molar-refractivity contribution in [3.8, 4) is 39.1 Å². The fraction of sp³-hybridized carbons (Fsp3) is 0.0769. The largest absolute Gasteiger partial charge is 0.494 e. The lowest BCUT2D eigenvalue weighted by Gasteiger charge is -2.08. The predicted molar refractivity (Wildman–Crippen MR) is 114 cm³/mol.